The van der Waals surface area contributed by atoms with Crippen LogP contribution < -0.4 is 5.73 Å². The maximum absolute atomic E-state index is 5.39. The van der Waals surface area contributed by atoms with Crippen LogP contribution in [0.15, 0.2) is 15.3 Å². The average Bonchev–Trinajstić information content (AvgIpc) is 2.74. The minimum absolute atomic E-state index is 0.532. The second kappa shape index (κ2) is 3.89. The molecule has 0 atom stereocenters. The summed E-state index contributed by atoms with van der Waals surface area (Å²) in [4.78, 5) is 4.25. The van der Waals surface area contributed by atoms with Gasteiger partial charge in [-0.25, -0.2) is 0 Å². The van der Waals surface area contributed by atoms with Crippen LogP contribution in [0.5, 0.6) is 0 Å². The van der Waals surface area contributed by atoms with Gasteiger partial charge in [-0.3, -0.25) is 0 Å². The number of aromatic nitrogens is 2. The first-order chi connectivity index (χ1) is 6.81. The molecule has 2 heterocycles. The Bertz CT molecular complexity index is 421. The van der Waals surface area contributed by atoms with Crippen molar-refractivity contribution >= 4 is 11.3 Å². The van der Waals surface area contributed by atoms with E-state index in [4.69, 9.17) is 10.3 Å². The van der Waals surface area contributed by atoms with E-state index >= 15 is 0 Å². The zero-order valence-corrected chi connectivity index (χ0v) is 8.67. The fourth-order valence-electron chi connectivity index (χ4n) is 1.18. The summed E-state index contributed by atoms with van der Waals surface area (Å²) in [6.45, 7) is 2.56. The monoisotopic (exact) mass is 209 g/mol. The van der Waals surface area contributed by atoms with Crippen LogP contribution in [0.4, 0.5) is 0 Å². The summed E-state index contributed by atoms with van der Waals surface area (Å²) in [6, 6.07) is 0. The third kappa shape index (κ3) is 1.69. The second-order valence-corrected chi connectivity index (χ2v) is 3.76. The van der Waals surface area contributed by atoms with Crippen LogP contribution in [0.1, 0.15) is 11.5 Å². The Kier molecular flexibility index (Phi) is 2.60. The first kappa shape index (κ1) is 9.36. The first-order valence-electron chi connectivity index (χ1n) is 4.37. The molecule has 14 heavy (non-hydrogen) atoms. The van der Waals surface area contributed by atoms with Crippen LogP contribution in [0.25, 0.3) is 11.4 Å². The lowest BCUT2D eigenvalue weighted by Gasteiger charge is -1.89. The molecule has 2 aromatic heterocycles. The Balaban J connectivity index is 2.29. The molecular weight excluding hydrogens is 198 g/mol. The molecule has 2 rings (SSSR count). The van der Waals surface area contributed by atoms with E-state index in [1.807, 2.05) is 12.3 Å². The quantitative estimate of drug-likeness (QED) is 0.834. The Morgan fingerprint density at radius 3 is 3.00 bits per heavy atom. The van der Waals surface area contributed by atoms with Crippen LogP contribution in [-0.4, -0.2) is 16.7 Å². The zero-order chi connectivity index (χ0) is 9.97. The maximum atomic E-state index is 5.39. The molecule has 0 saturated heterocycles. The lowest BCUT2D eigenvalue weighted by molar-refractivity contribution is 0.380. The van der Waals surface area contributed by atoms with Crippen LogP contribution in [0.2, 0.25) is 0 Å². The van der Waals surface area contributed by atoms with Crippen LogP contribution in [0, 0.1) is 6.92 Å². The number of aryl methyl sites for hydroxylation is 1. The molecule has 0 saturated carbocycles. The third-order valence-electron chi connectivity index (χ3n) is 1.92. The van der Waals surface area contributed by atoms with Crippen molar-refractivity contribution in [3.63, 3.8) is 0 Å². The average molecular weight is 209 g/mol. The normalized spacial score (nSPS) is 10.7. The van der Waals surface area contributed by atoms with E-state index < -0.39 is 0 Å². The lowest BCUT2D eigenvalue weighted by Crippen LogP contribution is -2.02. The van der Waals surface area contributed by atoms with Crippen molar-refractivity contribution in [2.24, 2.45) is 5.73 Å². The van der Waals surface area contributed by atoms with Crippen molar-refractivity contribution < 1.29 is 4.52 Å². The molecule has 4 nitrogen and oxygen atoms in total. The summed E-state index contributed by atoms with van der Waals surface area (Å²) in [6.07, 6.45) is 0.635. The standard InChI is InChI=1S/C9H11N3OS/c1-6-4-14-5-7(6)9-11-8(2-3-10)13-12-9/h4-5H,2-3,10H2,1H3. The minimum Gasteiger partial charge on any atom is -0.339 e. The zero-order valence-electron chi connectivity index (χ0n) is 7.86. The Labute approximate surface area is 85.7 Å². The molecule has 74 valence electrons. The van der Waals surface area contributed by atoms with Crippen LogP contribution in [0.3, 0.4) is 0 Å². The molecule has 0 bridgehead atoms. The summed E-state index contributed by atoms with van der Waals surface area (Å²) in [5, 5.41) is 7.99. The largest absolute Gasteiger partial charge is 0.339 e. The van der Waals surface area contributed by atoms with E-state index in [2.05, 4.69) is 15.5 Å². The first-order valence-corrected chi connectivity index (χ1v) is 5.31. The molecule has 2 aromatic rings. The van der Waals surface area contributed by atoms with Gasteiger partial charge in [0.25, 0.3) is 0 Å². The van der Waals surface area contributed by atoms with Crippen molar-refractivity contribution in [3.8, 4) is 11.4 Å². The second-order valence-electron chi connectivity index (χ2n) is 3.02. The molecule has 0 aliphatic rings. The fourth-order valence-corrected chi connectivity index (χ4v) is 2.01. The van der Waals surface area contributed by atoms with Crippen LogP contribution >= 0.6 is 11.3 Å². The highest BCUT2D eigenvalue weighted by Crippen LogP contribution is 2.23. The minimum atomic E-state index is 0.532. The highest BCUT2D eigenvalue weighted by atomic mass is 32.1. The van der Waals surface area contributed by atoms with Gasteiger partial charge in [0.2, 0.25) is 11.7 Å². The highest BCUT2D eigenvalue weighted by molar-refractivity contribution is 7.08. The van der Waals surface area contributed by atoms with Crippen molar-refractivity contribution in [2.75, 3.05) is 6.54 Å². The van der Waals surface area contributed by atoms with Gasteiger partial charge < -0.3 is 10.3 Å². The third-order valence-corrected chi connectivity index (χ3v) is 2.78. The van der Waals surface area contributed by atoms with Gasteiger partial charge in [-0.05, 0) is 17.9 Å². The predicted molar refractivity (Wildman–Crippen MR) is 55.1 cm³/mol. The van der Waals surface area contributed by atoms with E-state index in [1.54, 1.807) is 11.3 Å². The van der Waals surface area contributed by atoms with Gasteiger partial charge in [0.1, 0.15) is 0 Å². The highest BCUT2D eigenvalue weighted by Gasteiger charge is 2.10. The number of hydrogen-bond acceptors (Lipinski definition) is 5. The van der Waals surface area contributed by atoms with E-state index in [0.717, 1.165) is 5.56 Å². The van der Waals surface area contributed by atoms with E-state index in [9.17, 15) is 0 Å². The molecule has 0 fully saturated rings. The topological polar surface area (TPSA) is 64.9 Å². The number of nitrogens with two attached hydrogens (primary N) is 1. The van der Waals surface area contributed by atoms with Crippen molar-refractivity contribution in [1.29, 1.82) is 0 Å². The molecule has 0 spiro atoms. The van der Waals surface area contributed by atoms with Crippen molar-refractivity contribution in [1.82, 2.24) is 10.1 Å². The fraction of sp³-hybridized carbons (Fsp3) is 0.333. The molecule has 0 radical (unpaired) electrons. The SMILES string of the molecule is Cc1cscc1-c1noc(CCN)n1. The Hall–Kier alpha value is -1.20. The molecule has 2 N–H and O–H groups in total. The summed E-state index contributed by atoms with van der Waals surface area (Å²) in [5.41, 5.74) is 7.61. The van der Waals surface area contributed by atoms with Gasteiger partial charge in [-0.2, -0.15) is 16.3 Å². The van der Waals surface area contributed by atoms with E-state index in [-0.39, 0.29) is 0 Å². The number of rotatable bonds is 3. The molecule has 0 aliphatic heterocycles. The van der Waals surface area contributed by atoms with Crippen molar-refractivity contribution in [2.45, 2.75) is 13.3 Å². The van der Waals surface area contributed by atoms with Gasteiger partial charge in [0, 0.05) is 23.9 Å². The number of hydrogen-bond donors (Lipinski definition) is 1. The lowest BCUT2D eigenvalue weighted by atomic mass is 10.2. The molecule has 0 aliphatic carbocycles. The van der Waals surface area contributed by atoms with Gasteiger partial charge >= 0.3 is 0 Å². The number of thiophene rings is 1. The Morgan fingerprint density at radius 1 is 1.50 bits per heavy atom. The molecule has 0 aromatic carbocycles. The number of nitrogens with zero attached hydrogens (tertiary/aromatic N) is 2. The maximum Gasteiger partial charge on any atom is 0.228 e. The van der Waals surface area contributed by atoms with Gasteiger partial charge in [0.15, 0.2) is 0 Å². The molecule has 5 heteroatoms. The Morgan fingerprint density at radius 2 is 2.36 bits per heavy atom. The van der Waals surface area contributed by atoms with Gasteiger partial charge in [-0.15, -0.1) is 0 Å². The van der Waals surface area contributed by atoms with E-state index in [1.165, 1.54) is 5.56 Å². The van der Waals surface area contributed by atoms with Gasteiger partial charge in [0.05, 0.1) is 0 Å². The summed E-state index contributed by atoms with van der Waals surface area (Å²) < 4.78 is 5.05. The summed E-state index contributed by atoms with van der Waals surface area (Å²) in [7, 11) is 0. The molecule has 0 amide bonds. The summed E-state index contributed by atoms with van der Waals surface area (Å²) in [5.74, 6) is 1.26. The molecular formula is C9H11N3OS. The summed E-state index contributed by atoms with van der Waals surface area (Å²) >= 11 is 1.64. The molecule has 0 unspecified atom stereocenters. The smallest absolute Gasteiger partial charge is 0.228 e. The van der Waals surface area contributed by atoms with Crippen molar-refractivity contribution in [3.05, 3.63) is 22.2 Å². The predicted octanol–water partition coefficient (Wildman–Crippen LogP) is 1.61. The van der Waals surface area contributed by atoms with Crippen LogP contribution in [-0.2, 0) is 6.42 Å². The van der Waals surface area contributed by atoms with E-state index in [0.29, 0.717) is 24.7 Å². The van der Waals surface area contributed by atoms with Gasteiger partial charge in [-0.1, -0.05) is 5.16 Å².